The molecule has 86 valence electrons. The van der Waals surface area contributed by atoms with Crippen LogP contribution in [-0.2, 0) is 16.6 Å². The fourth-order valence-electron chi connectivity index (χ4n) is 0.993. The van der Waals surface area contributed by atoms with E-state index in [1.165, 1.54) is 6.20 Å². The molecular formula is C7H7ClN4O2S2. The van der Waals surface area contributed by atoms with Crippen molar-refractivity contribution in [1.29, 1.82) is 0 Å². The average Bonchev–Trinajstić information content (AvgIpc) is 2.85. The molecule has 2 rings (SSSR count). The van der Waals surface area contributed by atoms with Crippen LogP contribution in [0.4, 0.5) is 0 Å². The largest absolute Gasteiger partial charge is 0.347 e. The second kappa shape index (κ2) is 4.50. The predicted molar refractivity (Wildman–Crippen MR) is 59.7 cm³/mol. The number of sulfonamides is 1. The number of hydrogen-bond donors (Lipinski definition) is 2. The lowest BCUT2D eigenvalue weighted by molar-refractivity contribution is 0.581. The van der Waals surface area contributed by atoms with Crippen molar-refractivity contribution in [3.8, 4) is 0 Å². The molecule has 0 saturated heterocycles. The molecule has 0 aromatic carbocycles. The van der Waals surface area contributed by atoms with Gasteiger partial charge in [0.15, 0.2) is 8.68 Å². The van der Waals surface area contributed by atoms with Gasteiger partial charge in [-0.1, -0.05) is 22.9 Å². The van der Waals surface area contributed by atoms with Crippen LogP contribution in [0.5, 0.6) is 0 Å². The van der Waals surface area contributed by atoms with Gasteiger partial charge in [0, 0.05) is 12.4 Å². The Kier molecular flexibility index (Phi) is 3.24. The first kappa shape index (κ1) is 11.5. The van der Waals surface area contributed by atoms with Gasteiger partial charge in [0.1, 0.15) is 5.82 Å². The Morgan fingerprint density at radius 3 is 2.88 bits per heavy atom. The first-order chi connectivity index (χ1) is 7.58. The summed E-state index contributed by atoms with van der Waals surface area (Å²) in [7, 11) is -3.55. The number of thiazole rings is 1. The summed E-state index contributed by atoms with van der Waals surface area (Å²) in [6.07, 6.45) is 4.39. The van der Waals surface area contributed by atoms with Gasteiger partial charge in [0.25, 0.3) is 10.0 Å². The number of aromatic amines is 1. The molecule has 2 N–H and O–H groups in total. The van der Waals surface area contributed by atoms with Crippen LogP contribution in [0.25, 0.3) is 0 Å². The van der Waals surface area contributed by atoms with Crippen molar-refractivity contribution in [2.45, 2.75) is 10.8 Å². The van der Waals surface area contributed by atoms with E-state index in [-0.39, 0.29) is 15.2 Å². The zero-order chi connectivity index (χ0) is 11.6. The molecule has 0 atom stereocenters. The van der Waals surface area contributed by atoms with Gasteiger partial charge in [-0.3, -0.25) is 0 Å². The van der Waals surface area contributed by atoms with Crippen molar-refractivity contribution in [1.82, 2.24) is 19.7 Å². The number of nitrogens with one attached hydrogen (secondary N) is 2. The summed E-state index contributed by atoms with van der Waals surface area (Å²) in [5.41, 5.74) is 0. The highest BCUT2D eigenvalue weighted by atomic mass is 35.5. The maximum atomic E-state index is 11.7. The maximum Gasteiger partial charge on any atom is 0.252 e. The minimum absolute atomic E-state index is 0.0871. The fraction of sp³-hybridized carbons (Fsp3) is 0.143. The Morgan fingerprint density at radius 2 is 2.31 bits per heavy atom. The Morgan fingerprint density at radius 1 is 1.50 bits per heavy atom. The number of hydrogen-bond acceptors (Lipinski definition) is 5. The normalized spacial score (nSPS) is 11.8. The third-order valence-corrected chi connectivity index (χ3v) is 4.68. The molecule has 0 bridgehead atoms. The number of H-pyrrole nitrogens is 1. The second-order valence-electron chi connectivity index (χ2n) is 2.79. The highest BCUT2D eigenvalue weighted by Crippen LogP contribution is 2.22. The zero-order valence-electron chi connectivity index (χ0n) is 7.84. The summed E-state index contributed by atoms with van der Waals surface area (Å²) in [6, 6.07) is 0. The average molecular weight is 279 g/mol. The summed E-state index contributed by atoms with van der Waals surface area (Å²) < 4.78 is 26.1. The van der Waals surface area contributed by atoms with Crippen LogP contribution in [0, 0.1) is 0 Å². The molecule has 16 heavy (non-hydrogen) atoms. The van der Waals surface area contributed by atoms with E-state index < -0.39 is 10.0 Å². The molecule has 0 saturated carbocycles. The first-order valence-corrected chi connectivity index (χ1v) is 6.85. The molecule has 2 aromatic rings. The van der Waals surface area contributed by atoms with Gasteiger partial charge in [-0.2, -0.15) is 0 Å². The van der Waals surface area contributed by atoms with E-state index in [0.29, 0.717) is 5.82 Å². The van der Waals surface area contributed by atoms with E-state index in [1.54, 1.807) is 12.4 Å². The zero-order valence-corrected chi connectivity index (χ0v) is 10.2. The number of nitrogens with zero attached hydrogens (tertiary/aromatic N) is 2. The molecule has 0 spiro atoms. The van der Waals surface area contributed by atoms with Gasteiger partial charge >= 0.3 is 0 Å². The van der Waals surface area contributed by atoms with Crippen LogP contribution < -0.4 is 4.72 Å². The van der Waals surface area contributed by atoms with Crippen molar-refractivity contribution < 1.29 is 8.42 Å². The van der Waals surface area contributed by atoms with Gasteiger partial charge in [-0.15, -0.1) is 0 Å². The van der Waals surface area contributed by atoms with Crippen molar-refractivity contribution in [3.05, 3.63) is 28.9 Å². The minimum Gasteiger partial charge on any atom is -0.347 e. The van der Waals surface area contributed by atoms with E-state index in [2.05, 4.69) is 19.7 Å². The molecule has 0 unspecified atom stereocenters. The molecule has 9 heteroatoms. The summed E-state index contributed by atoms with van der Waals surface area (Å²) in [6.45, 7) is 0.102. The molecule has 0 aliphatic carbocycles. The summed E-state index contributed by atoms with van der Waals surface area (Å²) in [5, 5.41) is 0. The second-order valence-corrected chi connectivity index (χ2v) is 6.40. The molecule has 0 amide bonds. The van der Waals surface area contributed by atoms with Gasteiger partial charge in [-0.25, -0.2) is 23.1 Å². The molecule has 0 radical (unpaired) electrons. The van der Waals surface area contributed by atoms with Gasteiger partial charge in [0.05, 0.1) is 12.7 Å². The number of imidazole rings is 1. The monoisotopic (exact) mass is 278 g/mol. The van der Waals surface area contributed by atoms with E-state index in [9.17, 15) is 8.42 Å². The van der Waals surface area contributed by atoms with E-state index >= 15 is 0 Å². The Balaban J connectivity index is 2.09. The topological polar surface area (TPSA) is 87.7 Å². The maximum absolute atomic E-state index is 11.7. The quantitative estimate of drug-likeness (QED) is 0.873. The van der Waals surface area contributed by atoms with Crippen molar-refractivity contribution in [2.75, 3.05) is 0 Å². The fourth-order valence-corrected chi connectivity index (χ4v) is 3.32. The van der Waals surface area contributed by atoms with Crippen LogP contribution >= 0.6 is 22.9 Å². The van der Waals surface area contributed by atoms with Crippen LogP contribution in [-0.4, -0.2) is 23.4 Å². The lowest BCUT2D eigenvalue weighted by Crippen LogP contribution is -2.22. The summed E-state index contributed by atoms with van der Waals surface area (Å²) in [4.78, 5) is 10.4. The molecule has 2 aromatic heterocycles. The molecule has 6 nitrogen and oxygen atoms in total. The van der Waals surface area contributed by atoms with Crippen LogP contribution in [0.2, 0.25) is 4.47 Å². The third kappa shape index (κ3) is 2.59. The summed E-state index contributed by atoms with van der Waals surface area (Å²) in [5.74, 6) is 0.541. The Bertz CT molecular complexity index is 563. The van der Waals surface area contributed by atoms with Crippen molar-refractivity contribution >= 4 is 33.0 Å². The van der Waals surface area contributed by atoms with Crippen LogP contribution in [0.1, 0.15) is 5.82 Å². The van der Waals surface area contributed by atoms with Crippen LogP contribution in [0.3, 0.4) is 0 Å². The number of rotatable bonds is 4. The summed E-state index contributed by atoms with van der Waals surface area (Å²) >= 11 is 6.47. The lowest BCUT2D eigenvalue weighted by Gasteiger charge is -2.01. The predicted octanol–water partition coefficient (Wildman–Crippen LogP) is 0.998. The SMILES string of the molecule is O=S(=O)(NCc1ncc[nH]1)c1cnc(Cl)s1. The van der Waals surface area contributed by atoms with Crippen LogP contribution in [0.15, 0.2) is 22.8 Å². The van der Waals surface area contributed by atoms with Gasteiger partial charge in [0.2, 0.25) is 0 Å². The smallest absolute Gasteiger partial charge is 0.252 e. The van der Waals surface area contributed by atoms with Gasteiger partial charge in [-0.05, 0) is 0 Å². The molecular weight excluding hydrogens is 272 g/mol. The minimum atomic E-state index is -3.55. The van der Waals surface area contributed by atoms with Gasteiger partial charge < -0.3 is 4.98 Å². The lowest BCUT2D eigenvalue weighted by atomic mass is 10.6. The highest BCUT2D eigenvalue weighted by Gasteiger charge is 2.17. The molecule has 0 aliphatic heterocycles. The van der Waals surface area contributed by atoms with Crippen molar-refractivity contribution in [3.63, 3.8) is 0 Å². The standard InChI is InChI=1S/C7H7ClN4O2S2/c8-7-11-4-6(15-7)16(13,14)12-3-5-9-1-2-10-5/h1-2,4,12H,3H2,(H,9,10). The third-order valence-electron chi connectivity index (χ3n) is 1.71. The first-order valence-electron chi connectivity index (χ1n) is 4.17. The number of aromatic nitrogens is 3. The van der Waals surface area contributed by atoms with Crippen molar-refractivity contribution in [2.24, 2.45) is 0 Å². The van der Waals surface area contributed by atoms with E-state index in [0.717, 1.165) is 11.3 Å². The Labute approximate surface area is 101 Å². The van der Waals surface area contributed by atoms with E-state index in [1.807, 2.05) is 0 Å². The molecule has 2 heterocycles. The van der Waals surface area contributed by atoms with E-state index in [4.69, 9.17) is 11.6 Å². The Hall–Kier alpha value is -0.960. The molecule has 0 aliphatic rings. The number of halogens is 1. The highest BCUT2D eigenvalue weighted by molar-refractivity contribution is 7.91. The molecule has 0 fully saturated rings.